The van der Waals surface area contributed by atoms with Crippen molar-refractivity contribution in [2.45, 2.75) is 32.1 Å². The number of carbonyl (C=O) groups is 2. The Morgan fingerprint density at radius 2 is 1.44 bits per heavy atom. The third kappa shape index (κ3) is 8.44. The zero-order chi connectivity index (χ0) is 22.6. The molecule has 3 rings (SSSR count). The van der Waals surface area contributed by atoms with E-state index in [2.05, 4.69) is 50.2 Å². The summed E-state index contributed by atoms with van der Waals surface area (Å²) in [7, 11) is 1.40. The molecular formula is C26H35N3O3. The normalized spacial score (nSPS) is 14.8. The summed E-state index contributed by atoms with van der Waals surface area (Å²) >= 11 is 0. The van der Waals surface area contributed by atoms with Gasteiger partial charge < -0.3 is 19.9 Å². The van der Waals surface area contributed by atoms with Crippen LogP contribution in [0.25, 0.3) is 0 Å². The molecule has 0 aromatic heterocycles. The van der Waals surface area contributed by atoms with E-state index in [1.807, 2.05) is 24.3 Å². The smallest absolute Gasteiger partial charge is 0.305 e. The van der Waals surface area contributed by atoms with Crippen LogP contribution in [0.15, 0.2) is 54.6 Å². The van der Waals surface area contributed by atoms with Crippen molar-refractivity contribution in [2.24, 2.45) is 0 Å². The fraction of sp³-hybridized carbons (Fsp3) is 0.462. The number of methoxy groups -OCH3 is 1. The molecule has 1 amide bonds. The Morgan fingerprint density at radius 1 is 0.812 bits per heavy atom. The zero-order valence-corrected chi connectivity index (χ0v) is 19.1. The Balaban J connectivity index is 1.28. The van der Waals surface area contributed by atoms with Gasteiger partial charge in [-0.25, -0.2) is 0 Å². The summed E-state index contributed by atoms with van der Waals surface area (Å²) in [6.45, 7) is 6.12. The number of aryl methyl sites for hydroxylation is 2. The second kappa shape index (κ2) is 13.0. The number of nitrogens with one attached hydrogen (secondary N) is 1. The predicted molar refractivity (Wildman–Crippen MR) is 128 cm³/mol. The van der Waals surface area contributed by atoms with Crippen LogP contribution in [0, 0.1) is 0 Å². The zero-order valence-electron chi connectivity index (χ0n) is 19.1. The van der Waals surface area contributed by atoms with Crippen molar-refractivity contribution in [2.75, 3.05) is 51.7 Å². The molecule has 2 aromatic rings. The van der Waals surface area contributed by atoms with Crippen molar-refractivity contribution in [3.05, 3.63) is 65.7 Å². The summed E-state index contributed by atoms with van der Waals surface area (Å²) in [4.78, 5) is 28.5. The van der Waals surface area contributed by atoms with E-state index < -0.39 is 0 Å². The van der Waals surface area contributed by atoms with Crippen molar-refractivity contribution in [3.63, 3.8) is 0 Å². The molecule has 2 aromatic carbocycles. The van der Waals surface area contributed by atoms with Gasteiger partial charge in [-0.15, -0.1) is 0 Å². The molecule has 6 nitrogen and oxygen atoms in total. The third-order valence-corrected chi connectivity index (χ3v) is 5.99. The molecule has 0 spiro atoms. The highest BCUT2D eigenvalue weighted by Crippen LogP contribution is 2.12. The maximum absolute atomic E-state index is 12.3. The Morgan fingerprint density at radius 3 is 2.09 bits per heavy atom. The molecule has 0 radical (unpaired) electrons. The first-order valence-electron chi connectivity index (χ1n) is 11.6. The Bertz CT molecular complexity index is 831. The number of benzene rings is 2. The van der Waals surface area contributed by atoms with Crippen LogP contribution >= 0.6 is 0 Å². The summed E-state index contributed by atoms with van der Waals surface area (Å²) in [5.74, 6) is -0.173. The Kier molecular flexibility index (Phi) is 9.72. The van der Waals surface area contributed by atoms with Crippen molar-refractivity contribution in [1.82, 2.24) is 9.80 Å². The largest absolute Gasteiger partial charge is 0.469 e. The van der Waals surface area contributed by atoms with Crippen LogP contribution in [0.1, 0.15) is 30.4 Å². The van der Waals surface area contributed by atoms with Crippen molar-refractivity contribution < 1.29 is 14.3 Å². The number of hydrogen-bond acceptors (Lipinski definition) is 5. The van der Waals surface area contributed by atoms with Gasteiger partial charge in [0, 0.05) is 51.3 Å². The van der Waals surface area contributed by atoms with Gasteiger partial charge in [0.2, 0.25) is 5.91 Å². The molecule has 6 heteroatoms. The number of ether oxygens (including phenoxy) is 1. The number of nitrogens with zero attached hydrogens (tertiary/aromatic N) is 2. The molecule has 1 N–H and O–H groups in total. The van der Waals surface area contributed by atoms with Crippen LogP contribution in [0.2, 0.25) is 0 Å². The summed E-state index contributed by atoms with van der Waals surface area (Å²) in [6.07, 6.45) is 3.82. The lowest BCUT2D eigenvalue weighted by Crippen LogP contribution is -2.47. The van der Waals surface area contributed by atoms with E-state index in [9.17, 15) is 9.59 Å². The van der Waals surface area contributed by atoms with Crippen LogP contribution in [-0.2, 0) is 27.2 Å². The Labute approximate surface area is 191 Å². The molecule has 1 aliphatic heterocycles. The number of anilines is 1. The van der Waals surface area contributed by atoms with Crippen LogP contribution in [-0.4, -0.2) is 68.1 Å². The van der Waals surface area contributed by atoms with Gasteiger partial charge in [0.25, 0.3) is 0 Å². The number of carbonyl (C=O) groups excluding carboxylic acids is 2. The molecule has 172 valence electrons. The van der Waals surface area contributed by atoms with Crippen molar-refractivity contribution >= 4 is 17.6 Å². The molecule has 0 aliphatic carbocycles. The van der Waals surface area contributed by atoms with Gasteiger partial charge in [-0.1, -0.05) is 42.5 Å². The molecule has 0 unspecified atom stereocenters. The summed E-state index contributed by atoms with van der Waals surface area (Å²) in [6, 6.07) is 18.3. The van der Waals surface area contributed by atoms with E-state index in [0.717, 1.165) is 56.9 Å². The minimum Gasteiger partial charge on any atom is -0.469 e. The van der Waals surface area contributed by atoms with E-state index in [4.69, 9.17) is 0 Å². The fourth-order valence-corrected chi connectivity index (χ4v) is 3.97. The van der Waals surface area contributed by atoms with Crippen LogP contribution in [0.4, 0.5) is 5.69 Å². The fourth-order valence-electron chi connectivity index (χ4n) is 3.97. The highest BCUT2D eigenvalue weighted by Gasteiger charge is 2.17. The van der Waals surface area contributed by atoms with Gasteiger partial charge >= 0.3 is 5.97 Å². The number of piperazine rings is 1. The molecule has 0 atom stereocenters. The summed E-state index contributed by atoms with van der Waals surface area (Å²) in [5, 5.41) is 2.97. The first-order valence-corrected chi connectivity index (χ1v) is 11.6. The molecule has 0 bridgehead atoms. The molecule has 32 heavy (non-hydrogen) atoms. The lowest BCUT2D eigenvalue weighted by molar-refractivity contribution is -0.140. The van der Waals surface area contributed by atoms with Crippen LogP contribution in [0.3, 0.4) is 0 Å². The topological polar surface area (TPSA) is 61.9 Å². The van der Waals surface area contributed by atoms with Crippen molar-refractivity contribution in [1.29, 1.82) is 0 Å². The quantitative estimate of drug-likeness (QED) is 0.546. The van der Waals surface area contributed by atoms with Gasteiger partial charge in [-0.05, 0) is 49.1 Å². The van der Waals surface area contributed by atoms with Crippen LogP contribution < -0.4 is 5.32 Å². The molecule has 1 saturated heterocycles. The van der Waals surface area contributed by atoms with Crippen molar-refractivity contribution in [3.8, 4) is 0 Å². The SMILES string of the molecule is COC(=O)CCc1ccc(NC(=O)CCN2CCN(CCCc3ccccc3)CC2)cc1. The van der Waals surface area contributed by atoms with Gasteiger partial charge in [-0.2, -0.15) is 0 Å². The number of rotatable bonds is 11. The molecule has 1 aliphatic rings. The van der Waals surface area contributed by atoms with Gasteiger partial charge in [0.15, 0.2) is 0 Å². The second-order valence-electron chi connectivity index (χ2n) is 8.34. The van der Waals surface area contributed by atoms with Gasteiger partial charge in [0.05, 0.1) is 7.11 Å². The summed E-state index contributed by atoms with van der Waals surface area (Å²) < 4.78 is 4.66. The average Bonchev–Trinajstić information content (AvgIpc) is 2.83. The molecule has 1 fully saturated rings. The predicted octanol–water partition coefficient (Wildman–Crippen LogP) is 3.37. The van der Waals surface area contributed by atoms with Gasteiger partial charge in [0.1, 0.15) is 0 Å². The molecule has 0 saturated carbocycles. The van der Waals surface area contributed by atoms with E-state index in [1.165, 1.54) is 19.1 Å². The highest BCUT2D eigenvalue weighted by atomic mass is 16.5. The van der Waals surface area contributed by atoms with E-state index in [0.29, 0.717) is 19.3 Å². The second-order valence-corrected chi connectivity index (χ2v) is 8.34. The van der Waals surface area contributed by atoms with Gasteiger partial charge in [-0.3, -0.25) is 9.59 Å². The third-order valence-electron chi connectivity index (χ3n) is 5.99. The highest BCUT2D eigenvalue weighted by molar-refractivity contribution is 5.90. The first-order chi connectivity index (χ1) is 15.6. The van der Waals surface area contributed by atoms with E-state index >= 15 is 0 Å². The monoisotopic (exact) mass is 437 g/mol. The lowest BCUT2D eigenvalue weighted by Gasteiger charge is -2.34. The standard InChI is InChI=1S/C26H35N3O3/c1-32-26(31)14-11-23-9-12-24(13-10-23)27-25(30)15-17-29-20-18-28(19-21-29)16-5-8-22-6-3-2-4-7-22/h2-4,6-7,9-10,12-13H,5,8,11,14-21H2,1H3,(H,27,30). The minimum absolute atomic E-state index is 0.0394. The molecule has 1 heterocycles. The average molecular weight is 438 g/mol. The minimum atomic E-state index is -0.213. The summed E-state index contributed by atoms with van der Waals surface area (Å²) in [5.41, 5.74) is 3.25. The number of amides is 1. The lowest BCUT2D eigenvalue weighted by atomic mass is 10.1. The maximum Gasteiger partial charge on any atom is 0.305 e. The molecular weight excluding hydrogens is 402 g/mol. The van der Waals surface area contributed by atoms with E-state index in [-0.39, 0.29) is 11.9 Å². The number of hydrogen-bond donors (Lipinski definition) is 1. The van der Waals surface area contributed by atoms with Crippen LogP contribution in [0.5, 0.6) is 0 Å². The van der Waals surface area contributed by atoms with E-state index in [1.54, 1.807) is 0 Å². The number of esters is 1. The Hall–Kier alpha value is -2.70. The maximum atomic E-state index is 12.3. The first kappa shape index (κ1) is 24.0.